The molecule has 0 saturated carbocycles. The first kappa shape index (κ1) is 21.8. The molecule has 32 heavy (non-hydrogen) atoms. The number of fused-ring (bicyclic) bond motifs is 1. The molecule has 0 aliphatic carbocycles. The average Bonchev–Trinajstić information content (AvgIpc) is 3.17. The Hall–Kier alpha value is -3.40. The number of nitrogens with zero attached hydrogens (tertiary/aromatic N) is 4. The molecule has 0 radical (unpaired) electrons. The van der Waals surface area contributed by atoms with E-state index in [-0.39, 0.29) is 17.4 Å². The summed E-state index contributed by atoms with van der Waals surface area (Å²) < 4.78 is 12.0. The summed E-state index contributed by atoms with van der Waals surface area (Å²) in [5, 5.41) is 0.490. The van der Waals surface area contributed by atoms with Crippen molar-refractivity contribution in [3.8, 4) is 11.5 Å². The summed E-state index contributed by atoms with van der Waals surface area (Å²) in [7, 11) is 4.71. The zero-order valence-corrected chi connectivity index (χ0v) is 19.2. The molecule has 3 heterocycles. The van der Waals surface area contributed by atoms with Crippen molar-refractivity contribution in [2.24, 2.45) is 7.05 Å². The molecule has 2 aromatic heterocycles. The molecule has 0 atom stereocenters. The molecular weight excluding hydrogens is 432 g/mol. The molecular formula is C22H24N4O5S. The molecule has 0 unspecified atom stereocenters. The highest BCUT2D eigenvalue weighted by molar-refractivity contribution is 7.20. The Kier molecular flexibility index (Phi) is 5.88. The number of piperazine rings is 1. The number of benzene rings is 1. The van der Waals surface area contributed by atoms with E-state index in [4.69, 9.17) is 9.47 Å². The van der Waals surface area contributed by atoms with Crippen LogP contribution in [0.1, 0.15) is 25.6 Å². The number of carbonyl (C=O) groups is 2. The third kappa shape index (κ3) is 3.70. The molecule has 1 aliphatic heterocycles. The quantitative estimate of drug-likeness (QED) is 0.596. The summed E-state index contributed by atoms with van der Waals surface area (Å²) in [6, 6.07) is 5.08. The van der Waals surface area contributed by atoms with E-state index in [1.165, 1.54) is 29.3 Å². The Morgan fingerprint density at radius 2 is 1.69 bits per heavy atom. The maximum Gasteiger partial charge on any atom is 0.264 e. The summed E-state index contributed by atoms with van der Waals surface area (Å²) in [5.74, 6) is 0.767. The first-order valence-electron chi connectivity index (χ1n) is 10.1. The lowest BCUT2D eigenvalue weighted by atomic mass is 10.1. The maximum atomic E-state index is 13.2. The number of carbonyl (C=O) groups excluding carboxylic acids is 2. The number of methoxy groups -OCH3 is 2. The van der Waals surface area contributed by atoms with Crippen LogP contribution in [0, 0.1) is 6.92 Å². The van der Waals surface area contributed by atoms with Gasteiger partial charge in [-0.3, -0.25) is 14.4 Å². The summed E-state index contributed by atoms with van der Waals surface area (Å²) in [4.78, 5) is 47.4. The van der Waals surface area contributed by atoms with Crippen molar-refractivity contribution in [1.29, 1.82) is 0 Å². The second-order valence-electron chi connectivity index (χ2n) is 7.55. The second-order valence-corrected chi connectivity index (χ2v) is 8.55. The van der Waals surface area contributed by atoms with Gasteiger partial charge in [0.2, 0.25) is 0 Å². The molecule has 1 saturated heterocycles. The zero-order chi connectivity index (χ0) is 23.0. The van der Waals surface area contributed by atoms with Gasteiger partial charge in [-0.05, 0) is 24.6 Å². The highest BCUT2D eigenvalue weighted by Gasteiger charge is 2.29. The minimum absolute atomic E-state index is 0.137. The van der Waals surface area contributed by atoms with Gasteiger partial charge in [-0.25, -0.2) is 4.98 Å². The van der Waals surface area contributed by atoms with Gasteiger partial charge in [0.15, 0.2) is 0 Å². The van der Waals surface area contributed by atoms with Gasteiger partial charge in [-0.15, -0.1) is 11.3 Å². The van der Waals surface area contributed by atoms with Crippen LogP contribution < -0.4 is 15.0 Å². The van der Waals surface area contributed by atoms with Crippen LogP contribution >= 0.6 is 11.3 Å². The number of aromatic nitrogens is 2. The molecule has 4 rings (SSSR count). The summed E-state index contributed by atoms with van der Waals surface area (Å²) >= 11 is 1.24. The van der Waals surface area contributed by atoms with Crippen molar-refractivity contribution in [1.82, 2.24) is 19.4 Å². The highest BCUT2D eigenvalue weighted by Crippen LogP contribution is 2.29. The number of ether oxygens (including phenoxy) is 2. The minimum atomic E-state index is -0.161. The van der Waals surface area contributed by atoms with Gasteiger partial charge < -0.3 is 23.8 Å². The molecule has 0 bridgehead atoms. The number of hydrogen-bond acceptors (Lipinski definition) is 7. The van der Waals surface area contributed by atoms with Crippen molar-refractivity contribution in [2.45, 2.75) is 6.92 Å². The monoisotopic (exact) mass is 456 g/mol. The van der Waals surface area contributed by atoms with Gasteiger partial charge in [0.25, 0.3) is 17.4 Å². The minimum Gasteiger partial charge on any atom is -0.497 e. The Labute approximate surface area is 188 Å². The molecule has 10 heteroatoms. The fourth-order valence-electron chi connectivity index (χ4n) is 3.81. The summed E-state index contributed by atoms with van der Waals surface area (Å²) in [6.07, 6.45) is 1.46. The molecule has 2 amide bonds. The van der Waals surface area contributed by atoms with E-state index in [1.807, 2.05) is 0 Å². The topological polar surface area (TPSA) is 94.0 Å². The normalized spacial score (nSPS) is 14.0. The predicted octanol–water partition coefficient (Wildman–Crippen LogP) is 1.92. The fraction of sp³-hybridized carbons (Fsp3) is 0.364. The number of amides is 2. The Balaban J connectivity index is 1.50. The molecule has 1 fully saturated rings. The van der Waals surface area contributed by atoms with Gasteiger partial charge in [-0.2, -0.15) is 0 Å². The SMILES string of the molecule is COc1ccc(C(=O)N2CCN(C(=O)c3sc4ncn(C)c(=O)c4c3C)CC2)c(OC)c1. The Morgan fingerprint density at radius 1 is 1.03 bits per heavy atom. The lowest BCUT2D eigenvalue weighted by molar-refractivity contribution is 0.0536. The first-order chi connectivity index (χ1) is 15.3. The van der Waals surface area contributed by atoms with E-state index >= 15 is 0 Å². The first-order valence-corrected chi connectivity index (χ1v) is 10.9. The molecule has 0 N–H and O–H groups in total. The van der Waals surface area contributed by atoms with Crippen LogP contribution in [-0.2, 0) is 7.05 Å². The smallest absolute Gasteiger partial charge is 0.264 e. The van der Waals surface area contributed by atoms with Crippen molar-refractivity contribution < 1.29 is 19.1 Å². The van der Waals surface area contributed by atoms with Crippen LogP contribution in [0.5, 0.6) is 11.5 Å². The lowest BCUT2D eigenvalue weighted by Crippen LogP contribution is -2.50. The van der Waals surface area contributed by atoms with Crippen molar-refractivity contribution in [2.75, 3.05) is 40.4 Å². The zero-order valence-electron chi connectivity index (χ0n) is 18.4. The van der Waals surface area contributed by atoms with E-state index in [0.29, 0.717) is 63.9 Å². The van der Waals surface area contributed by atoms with Gasteiger partial charge in [0, 0.05) is 39.3 Å². The Morgan fingerprint density at radius 3 is 2.31 bits per heavy atom. The van der Waals surface area contributed by atoms with E-state index < -0.39 is 0 Å². The summed E-state index contributed by atoms with van der Waals surface area (Å²) in [5.41, 5.74) is 0.951. The van der Waals surface area contributed by atoms with Gasteiger partial charge in [-0.1, -0.05) is 0 Å². The van der Waals surface area contributed by atoms with Crippen molar-refractivity contribution in [3.05, 3.63) is 50.9 Å². The number of hydrogen-bond donors (Lipinski definition) is 0. The van der Waals surface area contributed by atoms with Gasteiger partial charge in [0.1, 0.15) is 16.3 Å². The van der Waals surface area contributed by atoms with Crippen LogP contribution in [-0.4, -0.2) is 71.6 Å². The second kappa shape index (κ2) is 8.62. The van der Waals surface area contributed by atoms with Gasteiger partial charge >= 0.3 is 0 Å². The number of aryl methyl sites for hydroxylation is 2. The van der Waals surface area contributed by atoms with Crippen LogP contribution in [0.4, 0.5) is 0 Å². The molecule has 3 aromatic rings. The number of rotatable bonds is 4. The van der Waals surface area contributed by atoms with E-state index in [0.717, 1.165) is 0 Å². The third-order valence-electron chi connectivity index (χ3n) is 5.70. The van der Waals surface area contributed by atoms with Crippen LogP contribution in [0.2, 0.25) is 0 Å². The number of thiophene rings is 1. The van der Waals surface area contributed by atoms with Crippen molar-refractivity contribution in [3.63, 3.8) is 0 Å². The largest absolute Gasteiger partial charge is 0.497 e. The maximum absolute atomic E-state index is 13.2. The summed E-state index contributed by atoms with van der Waals surface area (Å²) in [6.45, 7) is 3.41. The van der Waals surface area contributed by atoms with Crippen LogP contribution in [0.25, 0.3) is 10.2 Å². The Bertz CT molecular complexity index is 1260. The molecule has 9 nitrogen and oxygen atoms in total. The van der Waals surface area contributed by atoms with E-state index in [9.17, 15) is 14.4 Å². The third-order valence-corrected chi connectivity index (χ3v) is 6.89. The molecule has 0 spiro atoms. The highest BCUT2D eigenvalue weighted by atomic mass is 32.1. The lowest BCUT2D eigenvalue weighted by Gasteiger charge is -2.35. The van der Waals surface area contributed by atoms with Crippen LogP contribution in [0.3, 0.4) is 0 Å². The fourth-order valence-corrected chi connectivity index (χ4v) is 4.92. The standard InChI is InChI=1S/C22H24N4O5S/c1-13-17-19(23-12-24(2)21(17)28)32-18(13)22(29)26-9-7-25(8-10-26)20(27)15-6-5-14(30-3)11-16(15)31-4/h5-6,11-12H,7-10H2,1-4H3. The average molecular weight is 457 g/mol. The van der Waals surface area contributed by atoms with E-state index in [1.54, 1.807) is 49.1 Å². The molecule has 168 valence electrons. The molecule has 1 aromatic carbocycles. The van der Waals surface area contributed by atoms with E-state index in [2.05, 4.69) is 4.98 Å². The van der Waals surface area contributed by atoms with Crippen molar-refractivity contribution >= 4 is 33.4 Å². The van der Waals surface area contributed by atoms with Crippen LogP contribution in [0.15, 0.2) is 29.3 Å². The molecule has 1 aliphatic rings. The van der Waals surface area contributed by atoms with Gasteiger partial charge in [0.05, 0.1) is 36.4 Å². The predicted molar refractivity (Wildman–Crippen MR) is 121 cm³/mol.